The van der Waals surface area contributed by atoms with E-state index in [0.717, 1.165) is 27.3 Å². The van der Waals surface area contributed by atoms with Gasteiger partial charge in [-0.2, -0.15) is 39.5 Å². The Bertz CT molecular complexity index is 3450. The van der Waals surface area contributed by atoms with Crippen molar-refractivity contribution < 1.29 is 72.5 Å². The summed E-state index contributed by atoms with van der Waals surface area (Å²) >= 11 is 0. The summed E-state index contributed by atoms with van der Waals surface area (Å²) in [5, 5.41) is 13.7. The maximum Gasteiger partial charge on any atom is 0.417 e. The van der Waals surface area contributed by atoms with Crippen LogP contribution in [0.1, 0.15) is 57.6 Å². The smallest absolute Gasteiger partial charge is 0.417 e. The molecule has 6 aromatic heterocycles. The second-order valence-electron chi connectivity index (χ2n) is 17.0. The number of anilines is 1. The first-order valence-corrected chi connectivity index (χ1v) is 22.1. The van der Waals surface area contributed by atoms with Gasteiger partial charge in [0.25, 0.3) is 17.0 Å². The molecule has 1 aromatic carbocycles. The van der Waals surface area contributed by atoms with E-state index >= 15 is 0 Å². The number of methoxy groups -OCH3 is 1. The summed E-state index contributed by atoms with van der Waals surface area (Å²) < 4.78 is 161. The molecule has 0 spiro atoms. The lowest BCUT2D eigenvalue weighted by atomic mass is 9.99. The van der Waals surface area contributed by atoms with Gasteiger partial charge in [-0.1, -0.05) is 6.92 Å². The molecule has 0 fully saturated rings. The second-order valence-corrected chi connectivity index (χ2v) is 17.0. The minimum absolute atomic E-state index is 0.0401. The maximum atomic E-state index is 14.8. The molecule has 0 aliphatic rings. The van der Waals surface area contributed by atoms with Crippen LogP contribution in [-0.4, -0.2) is 82.3 Å². The summed E-state index contributed by atoms with van der Waals surface area (Å²) in [6.07, 6.45) is -9.93. The van der Waals surface area contributed by atoms with Gasteiger partial charge in [0, 0.05) is 91.3 Å². The number of carboxylic acid groups (broad SMARTS) is 1. The molecule has 6 heterocycles. The van der Waals surface area contributed by atoms with Gasteiger partial charge in [0.2, 0.25) is 0 Å². The number of hydrogen-bond acceptors (Lipinski definition) is 10. The van der Waals surface area contributed by atoms with Crippen LogP contribution in [0, 0.1) is 25.5 Å². The van der Waals surface area contributed by atoms with Gasteiger partial charge in [0.05, 0.1) is 29.4 Å². The van der Waals surface area contributed by atoms with Crippen molar-refractivity contribution in [2.45, 2.75) is 76.7 Å². The number of rotatable bonds is 13. The van der Waals surface area contributed by atoms with E-state index in [1.165, 1.54) is 93.8 Å². The number of benzene rings is 1. The Morgan fingerprint density at radius 2 is 1.17 bits per heavy atom. The summed E-state index contributed by atoms with van der Waals surface area (Å²) in [4.78, 5) is 70.4. The number of carbonyl (C=O) groups is 3. The highest BCUT2D eigenvalue weighted by molar-refractivity contribution is 5.97. The number of hydrogen-bond donors (Lipinski definition) is 4. The minimum atomic E-state index is -4.91. The Hall–Kier alpha value is -8.10. The molecule has 0 aliphatic carbocycles. The predicted octanol–water partition coefficient (Wildman–Crippen LogP) is 7.55. The van der Waals surface area contributed by atoms with E-state index in [1.54, 1.807) is 0 Å². The molecule has 1 amide bonds. The molecule has 0 bridgehead atoms. The van der Waals surface area contributed by atoms with E-state index in [2.05, 4.69) is 14.7 Å². The van der Waals surface area contributed by atoms with Crippen molar-refractivity contribution in [3.63, 3.8) is 0 Å². The van der Waals surface area contributed by atoms with Gasteiger partial charge in [0.1, 0.15) is 46.6 Å². The number of carbonyl (C=O) groups excluding carboxylic acids is 2. The normalized spacial score (nSPS) is 13.3. The average molecular weight is 1070 g/mol. The molecule has 7 aromatic rings. The van der Waals surface area contributed by atoms with E-state index in [9.17, 15) is 77.4 Å². The second kappa shape index (κ2) is 21.4. The Morgan fingerprint density at radius 1 is 0.733 bits per heavy atom. The van der Waals surface area contributed by atoms with Crippen LogP contribution in [0.4, 0.5) is 54.0 Å². The van der Waals surface area contributed by atoms with Crippen LogP contribution >= 0.6 is 0 Å². The Labute approximate surface area is 416 Å². The molecule has 16 nitrogen and oxygen atoms in total. The number of nitrogens with zero attached hydrogens (tertiary/aromatic N) is 6. The minimum Gasteiger partial charge on any atom is -0.480 e. The Kier molecular flexibility index (Phi) is 16.0. The monoisotopic (exact) mass is 1070 g/mol. The molecule has 27 heteroatoms. The number of aliphatic carboxylic acids is 1. The molecular formula is C48H44F11N9O7. The third-order valence-corrected chi connectivity index (χ3v) is 12.1. The van der Waals surface area contributed by atoms with Crippen molar-refractivity contribution in [1.82, 2.24) is 33.2 Å². The largest absolute Gasteiger partial charge is 0.480 e. The summed E-state index contributed by atoms with van der Waals surface area (Å²) in [5.41, 5.74) is -0.548. The van der Waals surface area contributed by atoms with Crippen molar-refractivity contribution in [3.8, 4) is 22.3 Å². The van der Waals surface area contributed by atoms with Crippen LogP contribution in [0.2, 0.25) is 0 Å². The molecule has 0 aliphatic heterocycles. The van der Waals surface area contributed by atoms with E-state index < -0.39 is 124 Å². The van der Waals surface area contributed by atoms with Gasteiger partial charge in [-0.25, -0.2) is 23.5 Å². The number of pyridine rings is 4. The Morgan fingerprint density at radius 3 is 1.56 bits per heavy atom. The number of aryl methyl sites for hydroxylation is 2. The third-order valence-electron chi connectivity index (χ3n) is 12.1. The molecular weight excluding hydrogens is 1020 g/mol. The van der Waals surface area contributed by atoms with Crippen LogP contribution in [-0.2, 0) is 53.6 Å². The molecule has 75 heavy (non-hydrogen) atoms. The lowest BCUT2D eigenvalue weighted by Crippen LogP contribution is -2.43. The lowest BCUT2D eigenvalue weighted by Gasteiger charge is -2.22. The van der Waals surface area contributed by atoms with Crippen molar-refractivity contribution in [1.29, 1.82) is 0 Å². The van der Waals surface area contributed by atoms with E-state index in [4.69, 9.17) is 5.73 Å². The first kappa shape index (κ1) is 56.2. The number of imidazole rings is 2. The first-order valence-electron chi connectivity index (χ1n) is 22.1. The molecule has 0 radical (unpaired) electrons. The van der Waals surface area contributed by atoms with E-state index in [0.29, 0.717) is 17.8 Å². The number of ether oxygens (including phenoxy) is 1. The molecule has 7 rings (SSSR count). The summed E-state index contributed by atoms with van der Waals surface area (Å²) in [6.45, 7) is 3.95. The van der Waals surface area contributed by atoms with Crippen LogP contribution in [0.15, 0.2) is 82.9 Å². The maximum absolute atomic E-state index is 14.8. The number of carboxylic acids is 1. The number of aromatic nitrogens is 6. The fourth-order valence-corrected chi connectivity index (χ4v) is 8.06. The molecule has 0 unspecified atom stereocenters. The molecule has 3 atom stereocenters. The van der Waals surface area contributed by atoms with Crippen molar-refractivity contribution in [2.24, 2.45) is 19.8 Å². The van der Waals surface area contributed by atoms with Crippen molar-refractivity contribution >= 4 is 34.8 Å². The van der Waals surface area contributed by atoms with Crippen LogP contribution < -0.4 is 27.5 Å². The zero-order chi connectivity index (χ0) is 55.8. The summed E-state index contributed by atoms with van der Waals surface area (Å²) in [5.74, 6) is -6.94. The van der Waals surface area contributed by atoms with E-state index in [-0.39, 0.29) is 45.9 Å². The number of nitrogens with two attached hydrogens (primary N) is 1. The quantitative estimate of drug-likeness (QED) is 0.0655. The fraction of sp³-hybridized carbons (Fsp3) is 0.312. The van der Waals surface area contributed by atoms with Gasteiger partial charge in [0.15, 0.2) is 0 Å². The van der Waals surface area contributed by atoms with Crippen molar-refractivity contribution in [2.75, 3.05) is 12.4 Å². The predicted molar refractivity (Wildman–Crippen MR) is 248 cm³/mol. The lowest BCUT2D eigenvalue weighted by molar-refractivity contribution is -0.143. The fourth-order valence-electron chi connectivity index (χ4n) is 8.06. The van der Waals surface area contributed by atoms with Gasteiger partial charge < -0.3 is 44.1 Å². The molecule has 5 N–H and O–H groups in total. The van der Waals surface area contributed by atoms with Crippen LogP contribution in [0.5, 0.6) is 0 Å². The highest BCUT2D eigenvalue weighted by Crippen LogP contribution is 2.39. The highest BCUT2D eigenvalue weighted by atomic mass is 19.4. The SMILES string of the molecule is CC[C@@H](Nc1cc(F)c(C(=O)N[C@@H](Cc2ccc(-c3c(C(F)(F)F)cc(C)n(C)c3=O)c3nccn23)C(=O)O)c(F)c1)C(F)(F)F.COC(=O)[C@@H](N)Cc1ccc(-c2c(C(F)(F)F)cc(C)n(C)c2=O)c2nccn12. The number of esters is 1. The zero-order valence-electron chi connectivity index (χ0n) is 40.1. The van der Waals surface area contributed by atoms with E-state index in [1.807, 2.05) is 10.6 Å². The third kappa shape index (κ3) is 11.7. The number of fused-ring (bicyclic) bond motifs is 2. The molecule has 0 saturated carbocycles. The Balaban J connectivity index is 0.000000270. The van der Waals surface area contributed by atoms with Crippen LogP contribution in [0.25, 0.3) is 33.5 Å². The standard InChI is InChI=1S/C29H25F8N5O4.C19H19F3N4O3/c1-4-21(29(35,36)37)39-14-10-18(30)23(19(31)11-14)25(43)40-20(27(45)46)12-15-5-6-16(24-38-7-8-42(15)24)22-17(28(32,33)34)9-13(2)41(3)26(22)44;1-10-8-13(19(20,21)22)15(17(27)25(10)2)12-5-4-11(9-14(23)18(28)29-3)26-7-6-24-16(12)26/h5-11,20-21,39H,4,12H2,1-3H3,(H,40,43)(H,45,46);4-8,14H,9,23H2,1-3H3/t20-,21+;14-/m00/s1. The highest BCUT2D eigenvalue weighted by Gasteiger charge is 2.40. The number of nitrogens with one attached hydrogen (secondary N) is 2. The van der Waals surface area contributed by atoms with Gasteiger partial charge in [-0.15, -0.1) is 0 Å². The topological polar surface area (TPSA) is 209 Å². The number of amides is 1. The first-order chi connectivity index (χ1) is 34.9. The number of halogens is 11. The van der Waals surface area contributed by atoms with Gasteiger partial charge >= 0.3 is 30.5 Å². The summed E-state index contributed by atoms with van der Waals surface area (Å²) in [6, 6.07) is 2.98. The average Bonchev–Trinajstić information content (AvgIpc) is 4.03. The van der Waals surface area contributed by atoms with Gasteiger partial charge in [-0.3, -0.25) is 19.2 Å². The van der Waals surface area contributed by atoms with Gasteiger partial charge in [-0.05, 0) is 68.8 Å². The van der Waals surface area contributed by atoms with Crippen LogP contribution in [0.3, 0.4) is 0 Å². The summed E-state index contributed by atoms with van der Waals surface area (Å²) in [7, 11) is 3.91. The molecule has 400 valence electrons. The van der Waals surface area contributed by atoms with Crippen molar-refractivity contribution in [3.05, 3.63) is 145 Å². The number of alkyl halides is 9. The zero-order valence-corrected chi connectivity index (χ0v) is 40.1. The molecule has 0 saturated heterocycles.